The van der Waals surface area contributed by atoms with Crippen molar-refractivity contribution in [3.63, 3.8) is 0 Å². The third kappa shape index (κ3) is 12.0. The summed E-state index contributed by atoms with van der Waals surface area (Å²) in [5.41, 5.74) is 8.31. The summed E-state index contributed by atoms with van der Waals surface area (Å²) in [6.07, 6.45) is 26.6. The fourth-order valence-corrected chi connectivity index (χ4v) is 6.87. The highest BCUT2D eigenvalue weighted by Crippen LogP contribution is 2.36. The summed E-state index contributed by atoms with van der Waals surface area (Å²) in [7, 11) is 0. The summed E-state index contributed by atoms with van der Waals surface area (Å²) in [6, 6.07) is 14.0. The fourth-order valence-electron chi connectivity index (χ4n) is 6.87. The summed E-state index contributed by atoms with van der Waals surface area (Å²) < 4.78 is 0. The van der Waals surface area contributed by atoms with Crippen molar-refractivity contribution < 1.29 is 0 Å². The Morgan fingerprint density at radius 1 is 0.400 bits per heavy atom. The standard InChI is InChI=1S/C42H65N3/c1-7-13-19-33(20-14-8-2)36-25-27-43-39(29-36)41-31-38(35(23-17-11-5)24-18-12-6)32-42(45-41)40-30-37(26-28-44-40)34(21-15-9-3)22-16-10-4/h25-35H,7-24H2,1-6H3. The second-order valence-corrected chi connectivity index (χ2v) is 13.6. The van der Waals surface area contributed by atoms with Crippen LogP contribution in [-0.4, -0.2) is 15.0 Å². The Kier molecular flexibility index (Phi) is 17.5. The molecule has 0 N–H and O–H groups in total. The van der Waals surface area contributed by atoms with Gasteiger partial charge in [0.2, 0.25) is 0 Å². The molecule has 248 valence electrons. The normalized spacial score (nSPS) is 11.8. The van der Waals surface area contributed by atoms with Gasteiger partial charge < -0.3 is 0 Å². The third-order valence-electron chi connectivity index (χ3n) is 9.79. The molecule has 0 aliphatic carbocycles. The second-order valence-electron chi connectivity index (χ2n) is 13.6. The minimum Gasteiger partial charge on any atom is -0.255 e. The van der Waals surface area contributed by atoms with Gasteiger partial charge in [0.15, 0.2) is 0 Å². The van der Waals surface area contributed by atoms with Crippen LogP contribution in [0.1, 0.15) is 192 Å². The molecule has 45 heavy (non-hydrogen) atoms. The first-order valence-electron chi connectivity index (χ1n) is 19.0. The molecule has 3 nitrogen and oxygen atoms in total. The van der Waals surface area contributed by atoms with Crippen molar-refractivity contribution in [2.75, 3.05) is 0 Å². The van der Waals surface area contributed by atoms with E-state index in [2.05, 4.69) is 77.9 Å². The molecule has 0 saturated carbocycles. The first kappa shape index (κ1) is 36.9. The average Bonchev–Trinajstić information content (AvgIpc) is 3.08. The van der Waals surface area contributed by atoms with E-state index in [4.69, 9.17) is 15.0 Å². The van der Waals surface area contributed by atoms with E-state index < -0.39 is 0 Å². The van der Waals surface area contributed by atoms with E-state index in [1.165, 1.54) is 132 Å². The van der Waals surface area contributed by atoms with Crippen molar-refractivity contribution in [3.8, 4) is 22.8 Å². The smallest absolute Gasteiger partial charge is 0.0897 e. The quantitative estimate of drug-likeness (QED) is 0.107. The van der Waals surface area contributed by atoms with E-state index in [0.29, 0.717) is 17.8 Å². The number of unbranched alkanes of at least 4 members (excludes halogenated alkanes) is 6. The zero-order valence-electron chi connectivity index (χ0n) is 29.9. The molecular weight excluding hydrogens is 546 g/mol. The van der Waals surface area contributed by atoms with Gasteiger partial charge in [0.25, 0.3) is 0 Å². The van der Waals surface area contributed by atoms with Gasteiger partial charge in [-0.25, -0.2) is 4.98 Å². The van der Waals surface area contributed by atoms with E-state index in [-0.39, 0.29) is 0 Å². The Morgan fingerprint density at radius 3 is 1.00 bits per heavy atom. The Hall–Kier alpha value is -2.55. The van der Waals surface area contributed by atoms with Crippen LogP contribution in [0.5, 0.6) is 0 Å². The highest BCUT2D eigenvalue weighted by atomic mass is 14.8. The predicted octanol–water partition coefficient (Wildman–Crippen LogP) is 13.6. The minimum absolute atomic E-state index is 0.542. The van der Waals surface area contributed by atoms with Gasteiger partial charge in [-0.2, -0.15) is 0 Å². The van der Waals surface area contributed by atoms with Gasteiger partial charge in [-0.3, -0.25) is 9.97 Å². The molecule has 3 heteroatoms. The molecule has 0 aliphatic heterocycles. The van der Waals surface area contributed by atoms with Gasteiger partial charge in [-0.05, 0) is 109 Å². The van der Waals surface area contributed by atoms with E-state index in [9.17, 15) is 0 Å². The Balaban J connectivity index is 2.12. The lowest BCUT2D eigenvalue weighted by Crippen LogP contribution is -2.05. The van der Waals surface area contributed by atoms with E-state index in [1.54, 1.807) is 0 Å². The molecule has 0 atom stereocenters. The number of nitrogens with zero attached hydrogens (tertiary/aromatic N) is 3. The molecular formula is C42H65N3. The third-order valence-corrected chi connectivity index (χ3v) is 9.79. The van der Waals surface area contributed by atoms with Crippen LogP contribution in [0.4, 0.5) is 0 Å². The lowest BCUT2D eigenvalue weighted by molar-refractivity contribution is 0.524. The number of pyridine rings is 3. The number of hydrogen-bond donors (Lipinski definition) is 0. The number of aromatic nitrogens is 3. The molecule has 0 fully saturated rings. The van der Waals surface area contributed by atoms with Gasteiger partial charge in [-0.15, -0.1) is 0 Å². The van der Waals surface area contributed by atoms with Crippen molar-refractivity contribution in [1.29, 1.82) is 0 Å². The van der Waals surface area contributed by atoms with Crippen LogP contribution < -0.4 is 0 Å². The molecule has 0 unspecified atom stereocenters. The summed E-state index contributed by atoms with van der Waals surface area (Å²) in [6.45, 7) is 13.8. The molecule has 3 aromatic heterocycles. The molecule has 3 heterocycles. The van der Waals surface area contributed by atoms with Crippen molar-refractivity contribution in [2.24, 2.45) is 0 Å². The van der Waals surface area contributed by atoms with Crippen LogP contribution in [0.15, 0.2) is 48.8 Å². The van der Waals surface area contributed by atoms with Crippen LogP contribution in [0, 0.1) is 0 Å². The zero-order valence-corrected chi connectivity index (χ0v) is 29.9. The minimum atomic E-state index is 0.542. The van der Waals surface area contributed by atoms with E-state index in [1.807, 2.05) is 12.4 Å². The Bertz CT molecular complexity index is 1110. The van der Waals surface area contributed by atoms with Crippen molar-refractivity contribution >= 4 is 0 Å². The molecule has 0 radical (unpaired) electrons. The maximum absolute atomic E-state index is 5.34. The van der Waals surface area contributed by atoms with Gasteiger partial charge in [-0.1, -0.05) is 119 Å². The second kappa shape index (κ2) is 21.3. The van der Waals surface area contributed by atoms with Crippen LogP contribution in [0.3, 0.4) is 0 Å². The molecule has 0 amide bonds. The number of hydrogen-bond acceptors (Lipinski definition) is 3. The van der Waals surface area contributed by atoms with Crippen LogP contribution in [0.25, 0.3) is 22.8 Å². The summed E-state index contributed by atoms with van der Waals surface area (Å²) in [4.78, 5) is 15.2. The largest absolute Gasteiger partial charge is 0.255 e. The predicted molar refractivity (Wildman–Crippen MR) is 196 cm³/mol. The molecule has 3 aromatic rings. The van der Waals surface area contributed by atoms with Crippen LogP contribution in [-0.2, 0) is 0 Å². The van der Waals surface area contributed by atoms with Crippen LogP contribution in [0.2, 0.25) is 0 Å². The van der Waals surface area contributed by atoms with Crippen LogP contribution >= 0.6 is 0 Å². The Morgan fingerprint density at radius 2 is 0.689 bits per heavy atom. The average molecular weight is 612 g/mol. The molecule has 0 spiro atoms. The molecule has 0 aliphatic rings. The molecule has 0 aromatic carbocycles. The summed E-state index contributed by atoms with van der Waals surface area (Å²) in [5.74, 6) is 1.73. The van der Waals surface area contributed by atoms with Gasteiger partial charge in [0, 0.05) is 12.4 Å². The van der Waals surface area contributed by atoms with Crippen molar-refractivity contribution in [2.45, 2.75) is 175 Å². The zero-order chi connectivity index (χ0) is 32.3. The van der Waals surface area contributed by atoms with E-state index in [0.717, 1.165) is 22.8 Å². The molecule has 3 rings (SSSR count). The highest BCUT2D eigenvalue weighted by molar-refractivity contribution is 5.64. The van der Waals surface area contributed by atoms with Crippen molar-refractivity contribution in [3.05, 3.63) is 65.5 Å². The molecule has 0 bridgehead atoms. The maximum atomic E-state index is 5.34. The fraction of sp³-hybridized carbons (Fsp3) is 0.643. The number of rotatable bonds is 23. The highest BCUT2D eigenvalue weighted by Gasteiger charge is 2.19. The summed E-state index contributed by atoms with van der Waals surface area (Å²) in [5, 5.41) is 0. The summed E-state index contributed by atoms with van der Waals surface area (Å²) >= 11 is 0. The first-order valence-corrected chi connectivity index (χ1v) is 19.0. The van der Waals surface area contributed by atoms with Gasteiger partial charge >= 0.3 is 0 Å². The Labute approximate surface area is 277 Å². The van der Waals surface area contributed by atoms with Gasteiger partial charge in [0.1, 0.15) is 0 Å². The topological polar surface area (TPSA) is 38.7 Å². The van der Waals surface area contributed by atoms with Gasteiger partial charge in [0.05, 0.1) is 22.8 Å². The first-order chi connectivity index (χ1) is 22.1. The van der Waals surface area contributed by atoms with E-state index >= 15 is 0 Å². The maximum Gasteiger partial charge on any atom is 0.0897 e. The monoisotopic (exact) mass is 612 g/mol. The lowest BCUT2D eigenvalue weighted by Gasteiger charge is -2.21. The SMILES string of the molecule is CCCCC(CCCC)c1ccnc(-c2cc(C(CCCC)CCCC)cc(-c3cc(C(CCCC)CCCC)ccn3)n2)c1. The van der Waals surface area contributed by atoms with Crippen molar-refractivity contribution in [1.82, 2.24) is 15.0 Å². The molecule has 0 saturated heterocycles. The lowest BCUT2D eigenvalue weighted by atomic mass is 9.87.